The third-order valence-corrected chi connectivity index (χ3v) is 2.79. The molecular weight excluding hydrogens is 253 g/mol. The van der Waals surface area contributed by atoms with E-state index in [0.29, 0.717) is 18.0 Å². The lowest BCUT2D eigenvalue weighted by atomic mass is 10.2. The highest BCUT2D eigenvalue weighted by atomic mass is 19.1. The van der Waals surface area contributed by atoms with Gasteiger partial charge >= 0.3 is 5.69 Å². The van der Waals surface area contributed by atoms with Gasteiger partial charge in [0.25, 0.3) is 0 Å². The van der Waals surface area contributed by atoms with Crippen molar-refractivity contribution in [3.05, 3.63) is 51.1 Å². The van der Waals surface area contributed by atoms with Crippen molar-refractivity contribution in [2.75, 3.05) is 5.32 Å². The summed E-state index contributed by atoms with van der Waals surface area (Å²) in [6.07, 6.45) is 0. The van der Waals surface area contributed by atoms with Crippen LogP contribution in [0.3, 0.4) is 0 Å². The summed E-state index contributed by atoms with van der Waals surface area (Å²) in [5.74, 6) is -0.179. The second-order valence-electron chi connectivity index (χ2n) is 4.08. The van der Waals surface area contributed by atoms with Gasteiger partial charge in [0.1, 0.15) is 5.76 Å². The van der Waals surface area contributed by atoms with Gasteiger partial charge in [-0.2, -0.15) is 4.39 Å². The Morgan fingerprint density at radius 2 is 2.21 bits per heavy atom. The first-order valence-electron chi connectivity index (χ1n) is 5.58. The molecule has 0 fully saturated rings. The number of anilines is 1. The third-order valence-electron chi connectivity index (χ3n) is 2.79. The molecule has 2 aromatic rings. The fourth-order valence-corrected chi connectivity index (χ4v) is 1.71. The molecule has 7 heteroatoms. The second kappa shape index (κ2) is 5.05. The van der Waals surface area contributed by atoms with E-state index in [2.05, 4.69) is 10.5 Å². The maximum Gasteiger partial charge on any atom is 0.304 e. The quantitative estimate of drug-likeness (QED) is 0.679. The maximum atomic E-state index is 13.4. The highest BCUT2D eigenvalue weighted by molar-refractivity contribution is 5.50. The maximum absolute atomic E-state index is 13.4. The molecule has 2 rings (SSSR count). The van der Waals surface area contributed by atoms with Gasteiger partial charge in [0.15, 0.2) is 0 Å². The number of rotatable bonds is 4. The third kappa shape index (κ3) is 2.70. The van der Waals surface area contributed by atoms with Crippen LogP contribution >= 0.6 is 0 Å². The molecule has 0 spiro atoms. The van der Waals surface area contributed by atoms with Crippen LogP contribution in [0, 0.1) is 29.8 Å². The van der Waals surface area contributed by atoms with Crippen molar-refractivity contribution < 1.29 is 13.8 Å². The average Bonchev–Trinajstić information content (AvgIpc) is 2.66. The van der Waals surface area contributed by atoms with E-state index in [0.717, 1.165) is 23.4 Å². The van der Waals surface area contributed by atoms with Crippen LogP contribution in [-0.4, -0.2) is 10.1 Å². The molecule has 0 radical (unpaired) electrons. The molecule has 6 nitrogen and oxygen atoms in total. The number of hydrogen-bond donors (Lipinski definition) is 1. The number of benzene rings is 1. The summed E-state index contributed by atoms with van der Waals surface area (Å²) in [4.78, 5) is 9.73. The predicted octanol–water partition coefficient (Wildman–Crippen LogP) is 2.95. The molecule has 0 saturated carbocycles. The smallest absolute Gasteiger partial charge is 0.304 e. The van der Waals surface area contributed by atoms with Crippen LogP contribution in [0.1, 0.15) is 17.0 Å². The normalized spacial score (nSPS) is 10.5. The van der Waals surface area contributed by atoms with E-state index in [9.17, 15) is 14.5 Å². The molecule has 0 aliphatic heterocycles. The molecule has 0 saturated heterocycles. The topological polar surface area (TPSA) is 81.2 Å². The molecule has 1 N–H and O–H groups in total. The molecule has 0 aliphatic carbocycles. The van der Waals surface area contributed by atoms with Gasteiger partial charge in [-0.25, -0.2) is 0 Å². The Balaban J connectivity index is 2.13. The standard InChI is InChI=1S/C12H12FN3O3/c1-7-10(8(2)19-15-7)6-14-9-3-4-12(16(17)18)11(13)5-9/h3-5,14H,6H2,1-2H3. The van der Waals surface area contributed by atoms with Crippen molar-refractivity contribution in [1.29, 1.82) is 0 Å². The summed E-state index contributed by atoms with van der Waals surface area (Å²) in [7, 11) is 0. The van der Waals surface area contributed by atoms with E-state index in [4.69, 9.17) is 4.52 Å². The fourth-order valence-electron chi connectivity index (χ4n) is 1.71. The predicted molar refractivity (Wildman–Crippen MR) is 66.4 cm³/mol. The van der Waals surface area contributed by atoms with Crippen molar-refractivity contribution in [3.8, 4) is 0 Å². The van der Waals surface area contributed by atoms with Crippen molar-refractivity contribution >= 4 is 11.4 Å². The van der Waals surface area contributed by atoms with E-state index < -0.39 is 16.4 Å². The molecule has 0 amide bonds. The number of nitro groups is 1. The van der Waals surface area contributed by atoms with E-state index in [1.807, 2.05) is 6.92 Å². The van der Waals surface area contributed by atoms with Gasteiger partial charge in [0.05, 0.1) is 10.6 Å². The first kappa shape index (κ1) is 13.0. The lowest BCUT2D eigenvalue weighted by Crippen LogP contribution is -2.02. The van der Waals surface area contributed by atoms with Crippen LogP contribution in [0.15, 0.2) is 22.7 Å². The van der Waals surface area contributed by atoms with Crippen LogP contribution in [0.5, 0.6) is 0 Å². The number of halogens is 1. The van der Waals surface area contributed by atoms with Crippen LogP contribution in [-0.2, 0) is 6.54 Å². The number of nitro benzene ring substituents is 1. The summed E-state index contributed by atoms with van der Waals surface area (Å²) in [6.45, 7) is 4.01. The SMILES string of the molecule is Cc1noc(C)c1CNc1ccc([N+](=O)[O-])c(F)c1. The zero-order valence-corrected chi connectivity index (χ0v) is 10.4. The first-order chi connectivity index (χ1) is 8.99. The summed E-state index contributed by atoms with van der Waals surface area (Å²) >= 11 is 0. The molecule has 1 aromatic heterocycles. The highest BCUT2D eigenvalue weighted by Gasteiger charge is 2.14. The molecule has 0 bridgehead atoms. The minimum atomic E-state index is -0.867. The lowest BCUT2D eigenvalue weighted by Gasteiger charge is -2.06. The highest BCUT2D eigenvalue weighted by Crippen LogP contribution is 2.22. The summed E-state index contributed by atoms with van der Waals surface area (Å²) in [6, 6.07) is 3.68. The Morgan fingerprint density at radius 1 is 1.47 bits per heavy atom. The van der Waals surface area contributed by atoms with Crippen LogP contribution in [0.4, 0.5) is 15.8 Å². The number of hydrogen-bond acceptors (Lipinski definition) is 5. The van der Waals surface area contributed by atoms with Crippen LogP contribution in [0.2, 0.25) is 0 Å². The van der Waals surface area contributed by atoms with Crippen molar-refractivity contribution in [3.63, 3.8) is 0 Å². The van der Waals surface area contributed by atoms with Gasteiger partial charge in [0, 0.05) is 29.9 Å². The number of nitrogens with one attached hydrogen (secondary N) is 1. The summed E-state index contributed by atoms with van der Waals surface area (Å²) < 4.78 is 18.4. The Bertz CT molecular complexity index is 605. The van der Waals surface area contributed by atoms with Crippen LogP contribution < -0.4 is 5.32 Å². The largest absolute Gasteiger partial charge is 0.381 e. The molecule has 0 atom stereocenters. The van der Waals surface area contributed by atoms with Crippen molar-refractivity contribution in [2.45, 2.75) is 20.4 Å². The number of aryl methyl sites for hydroxylation is 2. The van der Waals surface area contributed by atoms with Crippen molar-refractivity contribution in [2.24, 2.45) is 0 Å². The Hall–Kier alpha value is -2.44. The first-order valence-corrected chi connectivity index (χ1v) is 5.58. The Morgan fingerprint density at radius 3 is 2.74 bits per heavy atom. The number of nitrogens with zero attached hydrogens (tertiary/aromatic N) is 2. The average molecular weight is 265 g/mol. The summed E-state index contributed by atoms with van der Waals surface area (Å²) in [5.41, 5.74) is 1.57. The molecule has 19 heavy (non-hydrogen) atoms. The fraction of sp³-hybridized carbons (Fsp3) is 0.250. The van der Waals surface area contributed by atoms with E-state index in [-0.39, 0.29) is 0 Å². The van der Waals surface area contributed by atoms with E-state index in [1.54, 1.807) is 6.92 Å². The van der Waals surface area contributed by atoms with Gasteiger partial charge in [-0.3, -0.25) is 10.1 Å². The van der Waals surface area contributed by atoms with Gasteiger partial charge in [-0.1, -0.05) is 5.16 Å². The van der Waals surface area contributed by atoms with Crippen molar-refractivity contribution in [1.82, 2.24) is 5.16 Å². The van der Waals surface area contributed by atoms with Crippen LogP contribution in [0.25, 0.3) is 0 Å². The summed E-state index contributed by atoms with van der Waals surface area (Å²) in [5, 5.41) is 17.3. The molecule has 100 valence electrons. The molecule has 0 aliphatic rings. The van der Waals surface area contributed by atoms with Gasteiger partial charge < -0.3 is 9.84 Å². The Labute approximate surface area is 108 Å². The monoisotopic (exact) mass is 265 g/mol. The number of aromatic nitrogens is 1. The zero-order chi connectivity index (χ0) is 14.0. The zero-order valence-electron chi connectivity index (χ0n) is 10.4. The minimum Gasteiger partial charge on any atom is -0.381 e. The molecular formula is C12H12FN3O3. The lowest BCUT2D eigenvalue weighted by molar-refractivity contribution is -0.387. The van der Waals surface area contributed by atoms with E-state index >= 15 is 0 Å². The molecule has 1 heterocycles. The van der Waals surface area contributed by atoms with Gasteiger partial charge in [-0.05, 0) is 19.9 Å². The minimum absolute atomic E-state index is 0.415. The van der Waals surface area contributed by atoms with Gasteiger partial charge in [0.2, 0.25) is 5.82 Å². The Kier molecular flexibility index (Phi) is 3.46. The molecule has 1 aromatic carbocycles. The van der Waals surface area contributed by atoms with Gasteiger partial charge in [-0.15, -0.1) is 0 Å². The van der Waals surface area contributed by atoms with E-state index in [1.165, 1.54) is 6.07 Å². The molecule has 0 unspecified atom stereocenters. The second-order valence-corrected chi connectivity index (χ2v) is 4.08.